The Morgan fingerprint density at radius 2 is 1.70 bits per heavy atom. The minimum Gasteiger partial charge on any atom is -0.481 e. The molecule has 1 amide bonds. The minimum absolute atomic E-state index is 0.0614. The molecular formula is C11H19NO7S. The Kier molecular flexibility index (Phi) is 6.14. The summed E-state index contributed by atoms with van der Waals surface area (Å²) in [6.07, 6.45) is 0.626. The van der Waals surface area contributed by atoms with E-state index in [1.807, 2.05) is 0 Å². The molecule has 0 radical (unpaired) electrons. The standard InChI is InChI=1S/C11H19NO7S/c1-11(2,20(3,18)19)10(17)12-7(9(15)16)5-4-6-8(13)14/h7H,4-6H2,1-3H3,(H,12,17)(H,13,14)(H,15,16)/t7-/m1/s1. The van der Waals surface area contributed by atoms with Crippen LogP contribution in [0.3, 0.4) is 0 Å². The lowest BCUT2D eigenvalue weighted by Crippen LogP contribution is -2.52. The van der Waals surface area contributed by atoms with Crippen molar-refractivity contribution in [2.75, 3.05) is 6.26 Å². The third kappa shape index (κ3) is 5.16. The van der Waals surface area contributed by atoms with Gasteiger partial charge in [0.05, 0.1) is 0 Å². The van der Waals surface area contributed by atoms with E-state index in [9.17, 15) is 22.8 Å². The molecule has 0 unspecified atom stereocenters. The summed E-state index contributed by atoms with van der Waals surface area (Å²) in [5.74, 6) is -3.34. The molecule has 0 rings (SSSR count). The highest BCUT2D eigenvalue weighted by Crippen LogP contribution is 2.16. The van der Waals surface area contributed by atoms with Gasteiger partial charge in [-0.1, -0.05) is 0 Å². The number of carbonyl (C=O) groups is 3. The van der Waals surface area contributed by atoms with Crippen LogP contribution in [0.1, 0.15) is 33.1 Å². The van der Waals surface area contributed by atoms with Crippen molar-refractivity contribution >= 4 is 27.7 Å². The lowest BCUT2D eigenvalue weighted by atomic mass is 10.1. The van der Waals surface area contributed by atoms with E-state index in [1.54, 1.807) is 0 Å². The lowest BCUT2D eigenvalue weighted by Gasteiger charge is -2.24. The molecule has 1 atom stereocenters. The van der Waals surface area contributed by atoms with Gasteiger partial charge in [-0.2, -0.15) is 0 Å². The maximum atomic E-state index is 11.9. The second-order valence-corrected chi connectivity index (χ2v) is 7.50. The number of hydrogen-bond donors (Lipinski definition) is 3. The fourth-order valence-corrected chi connectivity index (χ4v) is 1.61. The number of carbonyl (C=O) groups excluding carboxylic acids is 1. The van der Waals surface area contributed by atoms with E-state index in [0.717, 1.165) is 6.26 Å². The van der Waals surface area contributed by atoms with Crippen molar-refractivity contribution in [3.8, 4) is 0 Å². The summed E-state index contributed by atoms with van der Waals surface area (Å²) < 4.78 is 21.2. The predicted octanol–water partition coefficient (Wildman–Crippen LogP) is -0.366. The molecular weight excluding hydrogens is 290 g/mol. The fraction of sp³-hybridized carbons (Fsp3) is 0.727. The number of carboxylic acid groups (broad SMARTS) is 2. The molecule has 0 aromatic heterocycles. The van der Waals surface area contributed by atoms with E-state index >= 15 is 0 Å². The van der Waals surface area contributed by atoms with Gasteiger partial charge in [-0.15, -0.1) is 0 Å². The van der Waals surface area contributed by atoms with E-state index in [0.29, 0.717) is 0 Å². The quantitative estimate of drug-likeness (QED) is 0.556. The van der Waals surface area contributed by atoms with Gasteiger partial charge in [-0.3, -0.25) is 9.59 Å². The Morgan fingerprint density at radius 3 is 2.05 bits per heavy atom. The molecule has 0 heterocycles. The number of sulfone groups is 1. The summed E-state index contributed by atoms with van der Waals surface area (Å²) in [5.41, 5.74) is 0. The van der Waals surface area contributed by atoms with Crippen LogP contribution in [0.25, 0.3) is 0 Å². The van der Waals surface area contributed by atoms with Gasteiger partial charge in [0.2, 0.25) is 5.91 Å². The Hall–Kier alpha value is -1.64. The van der Waals surface area contributed by atoms with Crippen LogP contribution in [-0.4, -0.2) is 53.5 Å². The van der Waals surface area contributed by atoms with E-state index < -0.39 is 38.5 Å². The van der Waals surface area contributed by atoms with Crippen molar-refractivity contribution in [3.05, 3.63) is 0 Å². The Labute approximate surface area is 117 Å². The van der Waals surface area contributed by atoms with E-state index in [-0.39, 0.29) is 19.3 Å². The van der Waals surface area contributed by atoms with Crippen molar-refractivity contribution in [2.24, 2.45) is 0 Å². The largest absolute Gasteiger partial charge is 0.481 e. The molecule has 0 aromatic carbocycles. The first-order valence-corrected chi connectivity index (χ1v) is 7.74. The Bertz CT molecular complexity index is 495. The second-order valence-electron chi connectivity index (χ2n) is 4.93. The summed E-state index contributed by atoms with van der Waals surface area (Å²) in [5, 5.41) is 19.5. The van der Waals surface area contributed by atoms with E-state index in [1.165, 1.54) is 13.8 Å². The molecule has 0 aromatic rings. The van der Waals surface area contributed by atoms with Crippen LogP contribution in [0.15, 0.2) is 0 Å². The smallest absolute Gasteiger partial charge is 0.326 e. The molecule has 0 saturated carbocycles. The SMILES string of the molecule is CC(C)(C(=O)N[C@H](CCCC(=O)O)C(=O)O)S(C)(=O)=O. The summed E-state index contributed by atoms with van der Waals surface area (Å²) >= 11 is 0. The molecule has 0 spiro atoms. The molecule has 0 bridgehead atoms. The zero-order valence-electron chi connectivity index (χ0n) is 11.5. The molecule has 20 heavy (non-hydrogen) atoms. The zero-order chi connectivity index (χ0) is 16.1. The van der Waals surface area contributed by atoms with Gasteiger partial charge in [-0.05, 0) is 26.7 Å². The molecule has 0 saturated heterocycles. The Balaban J connectivity index is 4.81. The summed E-state index contributed by atoms with van der Waals surface area (Å²) in [6, 6.07) is -1.32. The highest BCUT2D eigenvalue weighted by Gasteiger charge is 2.40. The molecule has 116 valence electrons. The number of aliphatic carboxylic acids is 2. The van der Waals surface area contributed by atoms with Gasteiger partial charge in [-0.25, -0.2) is 13.2 Å². The molecule has 0 aliphatic carbocycles. The van der Waals surface area contributed by atoms with Crippen LogP contribution in [0.2, 0.25) is 0 Å². The van der Waals surface area contributed by atoms with Crippen LogP contribution >= 0.6 is 0 Å². The number of nitrogens with one attached hydrogen (secondary N) is 1. The van der Waals surface area contributed by atoms with Crippen molar-refractivity contribution in [1.82, 2.24) is 5.32 Å². The molecule has 3 N–H and O–H groups in total. The van der Waals surface area contributed by atoms with Gasteiger partial charge in [0.15, 0.2) is 9.84 Å². The maximum absolute atomic E-state index is 11.9. The van der Waals surface area contributed by atoms with Gasteiger partial charge in [0.1, 0.15) is 10.8 Å². The molecule has 9 heteroatoms. The van der Waals surface area contributed by atoms with Crippen molar-refractivity contribution < 1.29 is 33.0 Å². The first-order chi connectivity index (χ1) is 8.89. The number of hydrogen-bond acceptors (Lipinski definition) is 5. The average Bonchev–Trinajstić information content (AvgIpc) is 2.24. The fourth-order valence-electron chi connectivity index (χ4n) is 1.22. The van der Waals surface area contributed by atoms with Crippen LogP contribution in [-0.2, 0) is 24.2 Å². The molecule has 0 aliphatic rings. The van der Waals surface area contributed by atoms with Gasteiger partial charge in [0.25, 0.3) is 0 Å². The summed E-state index contributed by atoms with van der Waals surface area (Å²) in [6.45, 7) is 2.35. The van der Waals surface area contributed by atoms with Crippen LogP contribution < -0.4 is 5.32 Å². The van der Waals surface area contributed by atoms with E-state index in [2.05, 4.69) is 5.32 Å². The van der Waals surface area contributed by atoms with Crippen molar-refractivity contribution in [2.45, 2.75) is 43.9 Å². The van der Waals surface area contributed by atoms with Crippen LogP contribution in [0, 0.1) is 0 Å². The molecule has 0 fully saturated rings. The average molecular weight is 309 g/mol. The zero-order valence-corrected chi connectivity index (χ0v) is 12.4. The number of amides is 1. The first-order valence-electron chi connectivity index (χ1n) is 5.84. The highest BCUT2D eigenvalue weighted by atomic mass is 32.2. The lowest BCUT2D eigenvalue weighted by molar-refractivity contribution is -0.143. The van der Waals surface area contributed by atoms with Crippen molar-refractivity contribution in [3.63, 3.8) is 0 Å². The monoisotopic (exact) mass is 309 g/mol. The van der Waals surface area contributed by atoms with E-state index in [4.69, 9.17) is 10.2 Å². The van der Waals surface area contributed by atoms with Crippen LogP contribution in [0.5, 0.6) is 0 Å². The maximum Gasteiger partial charge on any atom is 0.326 e. The number of carboxylic acids is 2. The predicted molar refractivity (Wildman–Crippen MR) is 70.0 cm³/mol. The van der Waals surface area contributed by atoms with Gasteiger partial charge < -0.3 is 15.5 Å². The summed E-state index contributed by atoms with van der Waals surface area (Å²) in [7, 11) is -3.71. The Morgan fingerprint density at radius 1 is 1.20 bits per heavy atom. The second kappa shape index (κ2) is 6.69. The van der Waals surface area contributed by atoms with Crippen molar-refractivity contribution in [1.29, 1.82) is 0 Å². The highest BCUT2D eigenvalue weighted by molar-refractivity contribution is 7.92. The van der Waals surface area contributed by atoms with Gasteiger partial charge >= 0.3 is 11.9 Å². The first kappa shape index (κ1) is 18.4. The molecule has 0 aliphatic heterocycles. The van der Waals surface area contributed by atoms with Crippen LogP contribution in [0.4, 0.5) is 0 Å². The van der Waals surface area contributed by atoms with Gasteiger partial charge in [0, 0.05) is 12.7 Å². The third-order valence-electron chi connectivity index (χ3n) is 2.96. The number of rotatable bonds is 8. The molecule has 8 nitrogen and oxygen atoms in total. The minimum atomic E-state index is -3.71. The topological polar surface area (TPSA) is 138 Å². The third-order valence-corrected chi connectivity index (χ3v) is 5.00. The normalized spacial score (nSPS) is 13.6. The summed E-state index contributed by atoms with van der Waals surface area (Å²) in [4.78, 5) is 33.2.